The van der Waals surface area contributed by atoms with Gasteiger partial charge in [0.25, 0.3) is 0 Å². The number of ether oxygens (including phenoxy) is 2. The first-order chi connectivity index (χ1) is 14.6. The first-order valence-electron chi connectivity index (χ1n) is 9.64. The third-order valence-corrected chi connectivity index (χ3v) is 5.24. The number of nitrogens with zero attached hydrogens (tertiary/aromatic N) is 2. The van der Waals surface area contributed by atoms with Crippen LogP contribution in [0.5, 0.6) is 0 Å². The van der Waals surface area contributed by atoms with E-state index in [-0.39, 0.29) is 26.3 Å². The minimum atomic E-state index is -1.01. The van der Waals surface area contributed by atoms with Crippen LogP contribution in [-0.4, -0.2) is 60.1 Å². The average molecular weight is 408 g/mol. The molecule has 0 aliphatic carbocycles. The van der Waals surface area contributed by atoms with Crippen LogP contribution in [0.1, 0.15) is 23.0 Å². The molecule has 4 amide bonds. The van der Waals surface area contributed by atoms with Gasteiger partial charge in [0.15, 0.2) is 0 Å². The Balaban J connectivity index is 1.82. The number of cyclic esters (lactones) is 2. The van der Waals surface area contributed by atoms with Gasteiger partial charge >= 0.3 is 12.2 Å². The van der Waals surface area contributed by atoms with Crippen molar-refractivity contribution in [3.8, 4) is 0 Å². The molecule has 0 spiro atoms. The Morgan fingerprint density at radius 2 is 1.03 bits per heavy atom. The molecule has 2 fully saturated rings. The molecule has 2 atom stereocenters. The van der Waals surface area contributed by atoms with Gasteiger partial charge < -0.3 is 9.47 Å². The summed E-state index contributed by atoms with van der Waals surface area (Å²) in [6.45, 7) is 0.438. The van der Waals surface area contributed by atoms with Crippen molar-refractivity contribution in [3.63, 3.8) is 0 Å². The molecule has 8 nitrogen and oxygen atoms in total. The summed E-state index contributed by atoms with van der Waals surface area (Å²) >= 11 is 0. The first-order valence-corrected chi connectivity index (χ1v) is 9.64. The molecule has 0 N–H and O–H groups in total. The third-order valence-electron chi connectivity index (χ3n) is 5.24. The topological polar surface area (TPSA) is 93.2 Å². The number of hydrogen-bond acceptors (Lipinski definition) is 6. The molecular weight excluding hydrogens is 388 g/mol. The van der Waals surface area contributed by atoms with Crippen molar-refractivity contribution in [3.05, 3.63) is 71.8 Å². The molecule has 0 radical (unpaired) electrons. The van der Waals surface area contributed by atoms with Gasteiger partial charge in [-0.15, -0.1) is 0 Å². The largest absolute Gasteiger partial charge is 0.447 e. The van der Waals surface area contributed by atoms with Crippen LogP contribution in [0.25, 0.3) is 0 Å². The predicted molar refractivity (Wildman–Crippen MR) is 104 cm³/mol. The van der Waals surface area contributed by atoms with Gasteiger partial charge in [0.1, 0.15) is 13.2 Å². The Morgan fingerprint density at radius 1 is 0.667 bits per heavy atom. The molecule has 0 saturated carbocycles. The molecule has 2 aromatic carbocycles. The van der Waals surface area contributed by atoms with E-state index in [4.69, 9.17) is 9.47 Å². The zero-order valence-corrected chi connectivity index (χ0v) is 16.1. The Kier molecular flexibility index (Phi) is 5.47. The van der Waals surface area contributed by atoms with Gasteiger partial charge in [0.05, 0.1) is 24.9 Å². The quantitative estimate of drug-likeness (QED) is 0.755. The highest BCUT2D eigenvalue weighted by Crippen LogP contribution is 2.37. The third kappa shape index (κ3) is 3.63. The number of rotatable bonds is 5. The van der Waals surface area contributed by atoms with Crippen molar-refractivity contribution in [1.29, 1.82) is 0 Å². The van der Waals surface area contributed by atoms with E-state index in [0.29, 0.717) is 11.1 Å². The summed E-state index contributed by atoms with van der Waals surface area (Å²) in [5.41, 5.74) is 1.13. The van der Waals surface area contributed by atoms with Crippen LogP contribution < -0.4 is 0 Å². The van der Waals surface area contributed by atoms with E-state index in [2.05, 4.69) is 0 Å². The lowest BCUT2D eigenvalue weighted by Crippen LogP contribution is -2.44. The van der Waals surface area contributed by atoms with Crippen molar-refractivity contribution in [1.82, 2.24) is 9.80 Å². The maximum absolute atomic E-state index is 13.5. The lowest BCUT2D eigenvalue weighted by molar-refractivity contribution is -0.136. The van der Waals surface area contributed by atoms with Crippen LogP contribution >= 0.6 is 0 Å². The van der Waals surface area contributed by atoms with Crippen LogP contribution in [-0.2, 0) is 19.1 Å². The molecule has 0 bridgehead atoms. The normalized spacial score (nSPS) is 18.0. The molecule has 0 aromatic heterocycles. The van der Waals surface area contributed by atoms with Gasteiger partial charge in [0.2, 0.25) is 11.8 Å². The number of amides is 4. The minimum Gasteiger partial charge on any atom is -0.447 e. The second-order valence-electron chi connectivity index (χ2n) is 6.99. The van der Waals surface area contributed by atoms with E-state index in [9.17, 15) is 19.2 Å². The highest BCUT2D eigenvalue weighted by molar-refractivity contribution is 6.04. The molecular formula is C22H20N2O6. The van der Waals surface area contributed by atoms with Crippen molar-refractivity contribution in [2.45, 2.75) is 11.8 Å². The Bertz CT molecular complexity index is 883. The van der Waals surface area contributed by atoms with E-state index in [1.54, 1.807) is 60.7 Å². The van der Waals surface area contributed by atoms with E-state index in [1.165, 1.54) is 0 Å². The first kappa shape index (κ1) is 19.6. The van der Waals surface area contributed by atoms with E-state index < -0.39 is 35.8 Å². The van der Waals surface area contributed by atoms with E-state index in [0.717, 1.165) is 9.80 Å². The summed E-state index contributed by atoms with van der Waals surface area (Å²) in [7, 11) is 0. The summed E-state index contributed by atoms with van der Waals surface area (Å²) in [4.78, 5) is 53.3. The SMILES string of the molecule is O=C1OCCN1C(=O)[C@H](c1ccccc1)[C@@H](C(=O)N1CCOC1=O)c1ccccc1. The summed E-state index contributed by atoms with van der Waals surface area (Å²) < 4.78 is 9.86. The second kappa shape index (κ2) is 8.36. The Morgan fingerprint density at radius 3 is 1.33 bits per heavy atom. The van der Waals surface area contributed by atoms with Crippen LogP contribution in [0, 0.1) is 0 Å². The van der Waals surface area contributed by atoms with Crippen molar-refractivity contribution >= 4 is 24.0 Å². The number of carbonyl (C=O) groups excluding carboxylic acids is 4. The fourth-order valence-corrected chi connectivity index (χ4v) is 3.80. The van der Waals surface area contributed by atoms with E-state index in [1.807, 2.05) is 0 Å². The molecule has 2 heterocycles. The lowest BCUT2D eigenvalue weighted by Gasteiger charge is -2.30. The summed E-state index contributed by atoms with van der Waals surface area (Å²) in [5, 5.41) is 0. The predicted octanol–water partition coefficient (Wildman–Crippen LogP) is 2.51. The molecule has 2 aliphatic rings. The highest BCUT2D eigenvalue weighted by Gasteiger charge is 2.45. The van der Waals surface area contributed by atoms with Gasteiger partial charge in [-0.25, -0.2) is 19.4 Å². The average Bonchev–Trinajstić information content (AvgIpc) is 3.40. The van der Waals surface area contributed by atoms with Gasteiger partial charge in [-0.3, -0.25) is 9.59 Å². The van der Waals surface area contributed by atoms with Gasteiger partial charge in [-0.1, -0.05) is 60.7 Å². The van der Waals surface area contributed by atoms with E-state index >= 15 is 0 Å². The van der Waals surface area contributed by atoms with Crippen LogP contribution in [0.4, 0.5) is 9.59 Å². The number of imide groups is 2. The Hall–Kier alpha value is -3.68. The number of benzene rings is 2. The zero-order valence-electron chi connectivity index (χ0n) is 16.1. The minimum absolute atomic E-state index is 0.106. The Labute approximate surface area is 173 Å². The fourth-order valence-electron chi connectivity index (χ4n) is 3.80. The van der Waals surface area contributed by atoms with Gasteiger partial charge in [0, 0.05) is 0 Å². The smallest absolute Gasteiger partial charge is 0.416 e. The molecule has 8 heteroatoms. The molecule has 0 unspecified atom stereocenters. The van der Waals surface area contributed by atoms with Gasteiger partial charge in [-0.05, 0) is 11.1 Å². The fraction of sp³-hybridized carbons (Fsp3) is 0.273. The van der Waals surface area contributed by atoms with Crippen LogP contribution in [0.15, 0.2) is 60.7 Å². The number of hydrogen-bond donors (Lipinski definition) is 0. The maximum atomic E-state index is 13.5. The van der Waals surface area contributed by atoms with Crippen molar-refractivity contribution in [2.24, 2.45) is 0 Å². The highest BCUT2D eigenvalue weighted by atomic mass is 16.6. The monoisotopic (exact) mass is 408 g/mol. The molecule has 2 saturated heterocycles. The molecule has 30 heavy (non-hydrogen) atoms. The summed E-state index contributed by atoms with van der Waals surface area (Å²) in [6.07, 6.45) is -1.47. The number of carbonyl (C=O) groups is 4. The van der Waals surface area contributed by atoms with Crippen LogP contribution in [0.3, 0.4) is 0 Å². The molecule has 4 rings (SSSR count). The standard InChI is InChI=1S/C22H20N2O6/c25-19(23-11-13-29-21(23)27)17(15-7-3-1-4-8-15)18(16-9-5-2-6-10-16)20(26)24-12-14-30-22(24)28/h1-10,17-18H,11-14H2/t17-,18+. The lowest BCUT2D eigenvalue weighted by atomic mass is 9.79. The second-order valence-corrected chi connectivity index (χ2v) is 6.99. The zero-order chi connectivity index (χ0) is 21.1. The molecule has 154 valence electrons. The summed E-state index contributed by atoms with van der Waals surface area (Å²) in [6, 6.07) is 17.6. The maximum Gasteiger partial charge on any atom is 0.416 e. The molecule has 2 aromatic rings. The van der Waals surface area contributed by atoms with Crippen molar-refractivity contribution in [2.75, 3.05) is 26.3 Å². The molecule has 2 aliphatic heterocycles. The summed E-state index contributed by atoms with van der Waals surface area (Å²) in [5.74, 6) is -3.11. The van der Waals surface area contributed by atoms with Gasteiger partial charge in [-0.2, -0.15) is 0 Å². The van der Waals surface area contributed by atoms with Crippen LogP contribution in [0.2, 0.25) is 0 Å². The van der Waals surface area contributed by atoms with Crippen molar-refractivity contribution < 1.29 is 28.7 Å².